The fourth-order valence-corrected chi connectivity index (χ4v) is 7.63. The topological polar surface area (TPSA) is 46.3 Å². The number of fused-ring (bicyclic) bond motifs is 6. The summed E-state index contributed by atoms with van der Waals surface area (Å²) in [5.74, 6) is 3.10. The third-order valence-corrected chi connectivity index (χ3v) is 9.37. The van der Waals surface area contributed by atoms with E-state index in [1.165, 1.54) is 43.4 Å². The Hall–Kier alpha value is -0.830. The molecule has 0 amide bonds. The van der Waals surface area contributed by atoms with Gasteiger partial charge < -0.3 is 9.63 Å². The van der Waals surface area contributed by atoms with E-state index in [1.807, 2.05) is 6.26 Å². The summed E-state index contributed by atoms with van der Waals surface area (Å²) in [6.07, 6.45) is 11.6. The molecule has 0 saturated heterocycles. The first kappa shape index (κ1) is 15.4. The zero-order chi connectivity index (χ0) is 16.7. The van der Waals surface area contributed by atoms with E-state index >= 15 is 0 Å². The summed E-state index contributed by atoms with van der Waals surface area (Å²) < 4.78 is 5.28. The maximum atomic E-state index is 11.0. The van der Waals surface area contributed by atoms with Crippen molar-refractivity contribution in [3.63, 3.8) is 0 Å². The monoisotopic (exact) mass is 329 g/mol. The summed E-state index contributed by atoms with van der Waals surface area (Å²) in [7, 11) is 0. The SMILES string of the molecule is C[C@]12Cc3conc3C[C@@H]1CC[C@@H]1[C@@H]2CC[C@]2(C)[C@H]1CC[C@@]2(C)O. The number of hydrogen-bond acceptors (Lipinski definition) is 3. The molecule has 132 valence electrons. The molecule has 1 aromatic rings. The standard InChI is InChI=1S/C21H31NO2/c1-19-11-13-12-24-22-18(13)10-14(19)4-5-15-16(19)6-8-20(2)17(15)7-9-21(20,3)23/h12,14-17,23H,4-11H2,1-3H3/t14-,15+,16-,17-,19-,20+,21+/m0/s1. The van der Waals surface area contributed by atoms with E-state index < -0.39 is 5.60 Å². The van der Waals surface area contributed by atoms with Gasteiger partial charge in [-0.15, -0.1) is 0 Å². The third-order valence-electron chi connectivity index (χ3n) is 9.37. The van der Waals surface area contributed by atoms with Crippen LogP contribution < -0.4 is 0 Å². The van der Waals surface area contributed by atoms with Crippen LogP contribution in [0.5, 0.6) is 0 Å². The molecule has 7 atom stereocenters. The molecule has 0 radical (unpaired) electrons. The zero-order valence-corrected chi connectivity index (χ0v) is 15.3. The van der Waals surface area contributed by atoms with Gasteiger partial charge in [-0.2, -0.15) is 0 Å². The molecule has 5 rings (SSSR count). The Labute approximate surface area is 145 Å². The Morgan fingerprint density at radius 2 is 1.88 bits per heavy atom. The van der Waals surface area contributed by atoms with Crippen LogP contribution in [-0.4, -0.2) is 15.9 Å². The second-order valence-corrected chi connectivity index (χ2v) is 10.1. The van der Waals surface area contributed by atoms with Crippen LogP contribution in [0.15, 0.2) is 10.8 Å². The summed E-state index contributed by atoms with van der Waals surface area (Å²) in [6.45, 7) is 7.04. The average molecular weight is 329 g/mol. The highest BCUT2D eigenvalue weighted by molar-refractivity contribution is 5.25. The zero-order valence-electron chi connectivity index (χ0n) is 15.3. The van der Waals surface area contributed by atoms with Crippen molar-refractivity contribution >= 4 is 0 Å². The summed E-state index contributed by atoms with van der Waals surface area (Å²) >= 11 is 0. The van der Waals surface area contributed by atoms with Crippen molar-refractivity contribution in [2.45, 2.75) is 77.7 Å². The lowest BCUT2D eigenvalue weighted by Crippen LogP contribution is -2.56. The highest BCUT2D eigenvalue weighted by Crippen LogP contribution is 2.67. The smallest absolute Gasteiger partial charge is 0.127 e. The van der Waals surface area contributed by atoms with Crippen molar-refractivity contribution in [3.8, 4) is 0 Å². The van der Waals surface area contributed by atoms with Gasteiger partial charge in [-0.3, -0.25) is 0 Å². The molecule has 4 aliphatic rings. The maximum absolute atomic E-state index is 11.0. The van der Waals surface area contributed by atoms with Crippen LogP contribution >= 0.6 is 0 Å². The van der Waals surface area contributed by atoms with Crippen molar-refractivity contribution in [2.24, 2.45) is 34.5 Å². The molecule has 3 saturated carbocycles. The molecular formula is C21H31NO2. The predicted octanol–water partition coefficient (Wildman–Crippen LogP) is 4.38. The first-order valence-corrected chi connectivity index (χ1v) is 10.00. The van der Waals surface area contributed by atoms with Crippen molar-refractivity contribution < 1.29 is 9.63 Å². The Kier molecular flexibility index (Phi) is 3.00. The van der Waals surface area contributed by atoms with E-state index in [1.54, 1.807) is 0 Å². The molecule has 0 aliphatic heterocycles. The number of aliphatic hydroxyl groups is 1. The van der Waals surface area contributed by atoms with Crippen LogP contribution in [0.1, 0.15) is 70.6 Å². The van der Waals surface area contributed by atoms with E-state index in [-0.39, 0.29) is 5.41 Å². The molecule has 0 unspecified atom stereocenters. The minimum Gasteiger partial charge on any atom is -0.390 e. The molecule has 3 heteroatoms. The normalized spacial score (nSPS) is 53.0. The third kappa shape index (κ3) is 1.75. The van der Waals surface area contributed by atoms with Crippen LogP contribution in [0.25, 0.3) is 0 Å². The number of aromatic nitrogens is 1. The lowest BCUT2D eigenvalue weighted by molar-refractivity contribution is -0.139. The summed E-state index contributed by atoms with van der Waals surface area (Å²) in [5, 5.41) is 15.3. The Morgan fingerprint density at radius 3 is 2.71 bits per heavy atom. The van der Waals surface area contributed by atoms with Crippen LogP contribution in [0.4, 0.5) is 0 Å². The van der Waals surface area contributed by atoms with E-state index in [9.17, 15) is 5.11 Å². The first-order chi connectivity index (χ1) is 11.4. The van der Waals surface area contributed by atoms with Gasteiger partial charge in [0, 0.05) is 5.56 Å². The largest absolute Gasteiger partial charge is 0.390 e. The Morgan fingerprint density at radius 1 is 1.08 bits per heavy atom. The Bertz CT molecular complexity index is 665. The molecule has 0 aromatic carbocycles. The van der Waals surface area contributed by atoms with Gasteiger partial charge in [-0.25, -0.2) is 0 Å². The van der Waals surface area contributed by atoms with Gasteiger partial charge in [-0.05, 0) is 92.8 Å². The van der Waals surface area contributed by atoms with Gasteiger partial charge in [0.25, 0.3) is 0 Å². The van der Waals surface area contributed by atoms with Gasteiger partial charge >= 0.3 is 0 Å². The van der Waals surface area contributed by atoms with Gasteiger partial charge in [0.15, 0.2) is 0 Å². The fraction of sp³-hybridized carbons (Fsp3) is 0.857. The molecule has 0 spiro atoms. The van der Waals surface area contributed by atoms with Gasteiger partial charge in [0.1, 0.15) is 6.26 Å². The fourth-order valence-electron chi connectivity index (χ4n) is 7.63. The lowest BCUT2D eigenvalue weighted by atomic mass is 9.44. The quantitative estimate of drug-likeness (QED) is 0.768. The highest BCUT2D eigenvalue weighted by atomic mass is 16.5. The number of rotatable bonds is 0. The molecule has 1 heterocycles. The van der Waals surface area contributed by atoms with Crippen molar-refractivity contribution in [1.29, 1.82) is 0 Å². The van der Waals surface area contributed by atoms with Crippen molar-refractivity contribution in [1.82, 2.24) is 5.16 Å². The maximum Gasteiger partial charge on any atom is 0.127 e. The molecule has 3 fully saturated rings. The molecule has 4 aliphatic carbocycles. The molecule has 24 heavy (non-hydrogen) atoms. The minimum absolute atomic E-state index is 0.133. The predicted molar refractivity (Wildman–Crippen MR) is 92.4 cm³/mol. The van der Waals surface area contributed by atoms with Gasteiger partial charge in [0.2, 0.25) is 0 Å². The first-order valence-electron chi connectivity index (χ1n) is 10.00. The second kappa shape index (κ2) is 4.66. The van der Waals surface area contributed by atoms with Gasteiger partial charge in [-0.1, -0.05) is 19.0 Å². The molecule has 0 bridgehead atoms. The average Bonchev–Trinajstić information content (AvgIpc) is 3.06. The number of nitrogens with zero attached hydrogens (tertiary/aromatic N) is 1. The highest BCUT2D eigenvalue weighted by Gasteiger charge is 2.63. The van der Waals surface area contributed by atoms with Crippen LogP contribution in [-0.2, 0) is 12.8 Å². The molecule has 3 nitrogen and oxygen atoms in total. The van der Waals surface area contributed by atoms with Crippen LogP contribution in [0.2, 0.25) is 0 Å². The van der Waals surface area contributed by atoms with E-state index in [0.717, 1.165) is 37.0 Å². The molecule has 1 aromatic heterocycles. The van der Waals surface area contributed by atoms with E-state index in [2.05, 4.69) is 25.9 Å². The van der Waals surface area contributed by atoms with E-state index in [0.29, 0.717) is 11.3 Å². The summed E-state index contributed by atoms with van der Waals surface area (Å²) in [4.78, 5) is 0. The van der Waals surface area contributed by atoms with Crippen LogP contribution in [0, 0.1) is 34.5 Å². The minimum atomic E-state index is -0.464. The summed E-state index contributed by atoms with van der Waals surface area (Å²) in [6, 6.07) is 0. The number of hydrogen-bond donors (Lipinski definition) is 1. The van der Waals surface area contributed by atoms with Gasteiger partial charge in [0.05, 0.1) is 11.3 Å². The van der Waals surface area contributed by atoms with E-state index in [4.69, 9.17) is 4.52 Å². The molecular weight excluding hydrogens is 298 g/mol. The molecule has 1 N–H and O–H groups in total. The summed E-state index contributed by atoms with van der Waals surface area (Å²) in [5.41, 5.74) is 2.65. The van der Waals surface area contributed by atoms with Crippen LogP contribution in [0.3, 0.4) is 0 Å². The Balaban J connectivity index is 1.50. The second-order valence-electron chi connectivity index (χ2n) is 10.1. The van der Waals surface area contributed by atoms with Crippen molar-refractivity contribution in [2.75, 3.05) is 0 Å². The lowest BCUT2D eigenvalue weighted by Gasteiger charge is -2.60. The van der Waals surface area contributed by atoms with Crippen molar-refractivity contribution in [3.05, 3.63) is 17.5 Å².